The number of nitrogens with zero attached hydrogens (tertiary/aromatic N) is 3. The van der Waals surface area contributed by atoms with E-state index in [-0.39, 0.29) is 18.1 Å². The van der Waals surface area contributed by atoms with E-state index >= 15 is 0 Å². The molecule has 3 aromatic rings. The van der Waals surface area contributed by atoms with Crippen molar-refractivity contribution in [2.45, 2.75) is 6.10 Å². The third-order valence-corrected chi connectivity index (χ3v) is 5.82. The average molecular weight is 404 g/mol. The summed E-state index contributed by atoms with van der Waals surface area (Å²) in [4.78, 5) is 34.1. The Labute approximate surface area is 174 Å². The van der Waals surface area contributed by atoms with Crippen LogP contribution in [0.2, 0.25) is 0 Å². The lowest BCUT2D eigenvalue weighted by molar-refractivity contribution is 0.0548. The number of hydrogen-bond donors (Lipinski definition) is 1. The van der Waals surface area contributed by atoms with Gasteiger partial charge in [-0.05, 0) is 24.3 Å². The van der Waals surface area contributed by atoms with Crippen molar-refractivity contribution in [1.82, 2.24) is 14.8 Å². The fourth-order valence-corrected chi connectivity index (χ4v) is 4.22. The largest absolute Gasteiger partial charge is 0.443 e. The Kier molecular flexibility index (Phi) is 4.88. The minimum Gasteiger partial charge on any atom is -0.443 e. The van der Waals surface area contributed by atoms with Crippen LogP contribution in [-0.4, -0.2) is 72.2 Å². The molecule has 0 saturated carbocycles. The summed E-state index contributed by atoms with van der Waals surface area (Å²) in [6.07, 6.45) is -0.451. The molecule has 5 rings (SSSR count). The van der Waals surface area contributed by atoms with Gasteiger partial charge in [-0.25, -0.2) is 4.79 Å². The Bertz CT molecular complexity index is 1020. The minimum atomic E-state index is -0.293. The Morgan fingerprint density at radius 2 is 1.73 bits per heavy atom. The van der Waals surface area contributed by atoms with E-state index in [2.05, 4.69) is 9.88 Å². The number of aromatic nitrogens is 1. The number of carbonyl (C=O) groups excluding carboxylic acids is 2. The molecule has 2 aliphatic rings. The van der Waals surface area contributed by atoms with Crippen LogP contribution in [-0.2, 0) is 4.74 Å². The molecular formula is C23H24N4O3. The second-order valence-corrected chi connectivity index (χ2v) is 7.81. The van der Waals surface area contributed by atoms with Gasteiger partial charge < -0.3 is 14.6 Å². The molecule has 2 amide bonds. The highest BCUT2D eigenvalue weighted by Crippen LogP contribution is 2.22. The van der Waals surface area contributed by atoms with Crippen molar-refractivity contribution in [3.8, 4) is 0 Å². The minimum absolute atomic E-state index is 0.0356. The molecule has 0 bridgehead atoms. The molecule has 7 nitrogen and oxygen atoms in total. The number of cyclic esters (lactones) is 1. The molecule has 1 N–H and O–H groups in total. The van der Waals surface area contributed by atoms with Crippen molar-refractivity contribution < 1.29 is 14.3 Å². The third-order valence-electron chi connectivity index (χ3n) is 5.82. The van der Waals surface area contributed by atoms with E-state index in [1.807, 2.05) is 65.6 Å². The van der Waals surface area contributed by atoms with Gasteiger partial charge in [-0.2, -0.15) is 0 Å². The SMILES string of the molecule is O=C(c1cc2ccccc2[nH]1)N1CCN(CC2CN(c3ccccc3)C(=O)O2)CC1. The molecule has 2 aliphatic heterocycles. The highest BCUT2D eigenvalue weighted by atomic mass is 16.6. The van der Waals surface area contributed by atoms with Crippen LogP contribution in [0.15, 0.2) is 60.7 Å². The van der Waals surface area contributed by atoms with Gasteiger partial charge in [0.05, 0.1) is 6.54 Å². The summed E-state index contributed by atoms with van der Waals surface area (Å²) in [5.41, 5.74) is 2.47. The molecule has 2 aromatic carbocycles. The summed E-state index contributed by atoms with van der Waals surface area (Å²) in [6, 6.07) is 19.4. The van der Waals surface area contributed by atoms with Crippen LogP contribution >= 0.6 is 0 Å². The van der Waals surface area contributed by atoms with E-state index in [0.717, 1.165) is 29.7 Å². The van der Waals surface area contributed by atoms with E-state index in [0.29, 0.717) is 31.9 Å². The monoisotopic (exact) mass is 404 g/mol. The number of H-pyrrole nitrogens is 1. The molecule has 1 unspecified atom stereocenters. The zero-order valence-electron chi connectivity index (χ0n) is 16.7. The van der Waals surface area contributed by atoms with Gasteiger partial charge in [0.1, 0.15) is 11.8 Å². The number of carbonyl (C=O) groups is 2. The molecule has 1 aromatic heterocycles. The third kappa shape index (κ3) is 3.64. The summed E-state index contributed by atoms with van der Waals surface area (Å²) in [6.45, 7) is 4.10. The highest BCUT2D eigenvalue weighted by Gasteiger charge is 2.34. The van der Waals surface area contributed by atoms with Crippen molar-refractivity contribution >= 4 is 28.6 Å². The second kappa shape index (κ2) is 7.84. The number of para-hydroxylation sites is 2. The molecule has 7 heteroatoms. The smallest absolute Gasteiger partial charge is 0.414 e. The van der Waals surface area contributed by atoms with Gasteiger partial charge in [0.15, 0.2) is 0 Å². The first-order chi connectivity index (χ1) is 14.7. The van der Waals surface area contributed by atoms with Gasteiger partial charge in [-0.15, -0.1) is 0 Å². The van der Waals surface area contributed by atoms with Crippen LogP contribution in [0.4, 0.5) is 10.5 Å². The van der Waals surface area contributed by atoms with Crippen LogP contribution in [0.25, 0.3) is 10.9 Å². The highest BCUT2D eigenvalue weighted by molar-refractivity contribution is 5.98. The topological polar surface area (TPSA) is 68.9 Å². The van der Waals surface area contributed by atoms with Crippen LogP contribution in [0.3, 0.4) is 0 Å². The summed E-state index contributed by atoms with van der Waals surface area (Å²) in [5.74, 6) is 0.0356. The number of piperazine rings is 1. The number of anilines is 1. The molecule has 154 valence electrons. The first-order valence-electron chi connectivity index (χ1n) is 10.3. The van der Waals surface area contributed by atoms with E-state index in [9.17, 15) is 9.59 Å². The number of benzene rings is 2. The first-order valence-corrected chi connectivity index (χ1v) is 10.3. The van der Waals surface area contributed by atoms with Gasteiger partial charge in [-0.1, -0.05) is 36.4 Å². The van der Waals surface area contributed by atoms with Crippen molar-refractivity contribution in [2.75, 3.05) is 44.2 Å². The molecule has 3 heterocycles. The van der Waals surface area contributed by atoms with E-state index < -0.39 is 0 Å². The van der Waals surface area contributed by atoms with Crippen molar-refractivity contribution in [2.24, 2.45) is 0 Å². The zero-order chi connectivity index (χ0) is 20.5. The van der Waals surface area contributed by atoms with Crippen LogP contribution in [0, 0.1) is 0 Å². The molecule has 2 fully saturated rings. The number of nitrogens with one attached hydrogen (secondary N) is 1. The quantitative estimate of drug-likeness (QED) is 0.726. The number of amides is 2. The average Bonchev–Trinajstić information content (AvgIpc) is 3.37. The molecule has 0 spiro atoms. The van der Waals surface area contributed by atoms with Gasteiger partial charge in [0.25, 0.3) is 5.91 Å². The standard InChI is InChI=1S/C23H24N4O3/c28-22(21-14-17-6-4-5-9-20(17)24-21)26-12-10-25(11-13-26)15-19-16-27(23(29)30-19)18-7-2-1-3-8-18/h1-9,14,19,24H,10-13,15-16H2. The molecule has 30 heavy (non-hydrogen) atoms. The Morgan fingerprint density at radius 1 is 1.00 bits per heavy atom. The molecule has 0 aliphatic carbocycles. The Hall–Kier alpha value is -3.32. The lowest BCUT2D eigenvalue weighted by Gasteiger charge is -2.35. The van der Waals surface area contributed by atoms with Gasteiger partial charge >= 0.3 is 6.09 Å². The molecular weight excluding hydrogens is 380 g/mol. The van der Waals surface area contributed by atoms with E-state index in [1.54, 1.807) is 4.90 Å². The number of rotatable bonds is 4. The van der Waals surface area contributed by atoms with Crippen molar-refractivity contribution in [3.05, 3.63) is 66.4 Å². The first kappa shape index (κ1) is 18.7. The number of hydrogen-bond acceptors (Lipinski definition) is 4. The lowest BCUT2D eigenvalue weighted by Crippen LogP contribution is -2.50. The Morgan fingerprint density at radius 3 is 2.50 bits per heavy atom. The zero-order valence-corrected chi connectivity index (χ0v) is 16.7. The lowest BCUT2D eigenvalue weighted by atomic mass is 10.2. The van der Waals surface area contributed by atoms with E-state index in [4.69, 9.17) is 4.74 Å². The van der Waals surface area contributed by atoms with Gasteiger partial charge in [-0.3, -0.25) is 14.6 Å². The number of ether oxygens (including phenoxy) is 1. The van der Waals surface area contributed by atoms with Gasteiger partial charge in [0.2, 0.25) is 0 Å². The van der Waals surface area contributed by atoms with Crippen LogP contribution in [0.5, 0.6) is 0 Å². The maximum atomic E-state index is 12.9. The van der Waals surface area contributed by atoms with Crippen molar-refractivity contribution in [1.29, 1.82) is 0 Å². The fourth-order valence-electron chi connectivity index (χ4n) is 4.22. The normalized spacial score (nSPS) is 20.0. The maximum absolute atomic E-state index is 12.9. The molecule has 2 saturated heterocycles. The number of fused-ring (bicyclic) bond motifs is 1. The Balaban J connectivity index is 1.15. The summed E-state index contributed by atoms with van der Waals surface area (Å²) < 4.78 is 5.57. The number of aromatic amines is 1. The van der Waals surface area contributed by atoms with Crippen LogP contribution < -0.4 is 4.90 Å². The summed E-state index contributed by atoms with van der Waals surface area (Å²) in [7, 11) is 0. The predicted octanol–water partition coefficient (Wildman–Crippen LogP) is 2.95. The summed E-state index contributed by atoms with van der Waals surface area (Å²) in [5, 5.41) is 1.05. The maximum Gasteiger partial charge on any atom is 0.414 e. The molecule has 0 radical (unpaired) electrons. The van der Waals surface area contributed by atoms with Gasteiger partial charge in [0, 0.05) is 49.3 Å². The second-order valence-electron chi connectivity index (χ2n) is 7.81. The van der Waals surface area contributed by atoms with Crippen LogP contribution in [0.1, 0.15) is 10.5 Å². The van der Waals surface area contributed by atoms with E-state index in [1.165, 1.54) is 0 Å². The predicted molar refractivity (Wildman–Crippen MR) is 115 cm³/mol. The fraction of sp³-hybridized carbons (Fsp3) is 0.304. The molecule has 1 atom stereocenters. The summed E-state index contributed by atoms with van der Waals surface area (Å²) >= 11 is 0. The van der Waals surface area contributed by atoms with Crippen molar-refractivity contribution in [3.63, 3.8) is 0 Å².